The molecular formula is C13H22ClNSi. The van der Waals surface area contributed by atoms with Gasteiger partial charge in [0.15, 0.2) is 0 Å². The van der Waals surface area contributed by atoms with E-state index in [1.54, 1.807) is 0 Å². The summed E-state index contributed by atoms with van der Waals surface area (Å²) in [6.07, 6.45) is 0. The highest BCUT2D eigenvalue weighted by Gasteiger charge is 2.16. The molecule has 16 heavy (non-hydrogen) atoms. The number of hydrogen-bond donors (Lipinski definition) is 0. The standard InChI is InChI=1S/C13H22ClNSi/c1-5-15(6-2)13-10(14)7-8-11(16)12(13)9(3)4/h7-9H,5-6H2,1-4,16H3. The molecule has 0 radical (unpaired) electrons. The number of rotatable bonds is 4. The maximum atomic E-state index is 6.37. The normalized spacial score (nSPS) is 11.1. The van der Waals surface area contributed by atoms with Gasteiger partial charge < -0.3 is 4.90 Å². The first-order chi connectivity index (χ1) is 7.52. The van der Waals surface area contributed by atoms with Crippen LogP contribution in [-0.2, 0) is 0 Å². The fourth-order valence-electron chi connectivity index (χ4n) is 2.27. The van der Waals surface area contributed by atoms with Crippen LogP contribution in [0.25, 0.3) is 0 Å². The molecule has 0 N–H and O–H groups in total. The molecule has 3 heteroatoms. The maximum absolute atomic E-state index is 6.37. The first-order valence-corrected chi connectivity index (χ1v) is 7.44. The molecule has 1 aromatic carbocycles. The van der Waals surface area contributed by atoms with E-state index in [1.807, 2.05) is 6.07 Å². The number of anilines is 1. The summed E-state index contributed by atoms with van der Waals surface area (Å²) in [5, 5.41) is 2.37. The minimum Gasteiger partial charge on any atom is -0.371 e. The highest BCUT2D eigenvalue weighted by Crippen LogP contribution is 2.32. The van der Waals surface area contributed by atoms with Crippen LogP contribution in [0, 0.1) is 0 Å². The van der Waals surface area contributed by atoms with Crippen LogP contribution >= 0.6 is 11.6 Å². The van der Waals surface area contributed by atoms with E-state index >= 15 is 0 Å². The molecule has 0 saturated heterocycles. The first kappa shape index (κ1) is 13.6. The Kier molecular flexibility index (Phi) is 4.87. The van der Waals surface area contributed by atoms with Gasteiger partial charge in [0.1, 0.15) is 0 Å². The van der Waals surface area contributed by atoms with Gasteiger partial charge in [-0.25, -0.2) is 0 Å². The highest BCUT2D eigenvalue weighted by atomic mass is 35.5. The summed E-state index contributed by atoms with van der Waals surface area (Å²) in [6, 6.07) is 4.22. The highest BCUT2D eigenvalue weighted by molar-refractivity contribution is 6.37. The van der Waals surface area contributed by atoms with Gasteiger partial charge in [-0.15, -0.1) is 0 Å². The van der Waals surface area contributed by atoms with E-state index in [2.05, 4.69) is 38.7 Å². The van der Waals surface area contributed by atoms with E-state index in [4.69, 9.17) is 11.6 Å². The van der Waals surface area contributed by atoms with Crippen molar-refractivity contribution < 1.29 is 0 Å². The second kappa shape index (κ2) is 5.74. The summed E-state index contributed by atoms with van der Waals surface area (Å²) >= 11 is 6.37. The predicted octanol–water partition coefficient (Wildman–Crippen LogP) is 2.30. The summed E-state index contributed by atoms with van der Waals surface area (Å²) in [5.41, 5.74) is 2.71. The van der Waals surface area contributed by atoms with Gasteiger partial charge in [-0.1, -0.05) is 36.7 Å². The molecule has 0 aliphatic heterocycles. The second-order valence-electron chi connectivity index (χ2n) is 4.45. The zero-order chi connectivity index (χ0) is 12.3. The third-order valence-corrected chi connectivity index (χ3v) is 4.22. The molecule has 0 unspecified atom stereocenters. The lowest BCUT2D eigenvalue weighted by atomic mass is 10.00. The molecular weight excluding hydrogens is 234 g/mol. The minimum absolute atomic E-state index is 0.543. The van der Waals surface area contributed by atoms with Crippen LogP contribution in [0.2, 0.25) is 5.02 Å². The van der Waals surface area contributed by atoms with Crippen LogP contribution in [0.1, 0.15) is 39.2 Å². The van der Waals surface area contributed by atoms with Crippen molar-refractivity contribution in [3.05, 3.63) is 22.7 Å². The quantitative estimate of drug-likeness (QED) is 0.747. The molecule has 0 saturated carbocycles. The summed E-state index contributed by atoms with van der Waals surface area (Å²) < 4.78 is 0. The van der Waals surface area contributed by atoms with E-state index < -0.39 is 0 Å². The summed E-state index contributed by atoms with van der Waals surface area (Å²) in [5.74, 6) is 0.543. The van der Waals surface area contributed by atoms with Crippen LogP contribution < -0.4 is 10.1 Å². The SMILES string of the molecule is CCN(CC)c1c(Cl)ccc([SiH3])c1C(C)C. The average molecular weight is 256 g/mol. The Morgan fingerprint density at radius 3 is 2.25 bits per heavy atom. The lowest BCUT2D eigenvalue weighted by Crippen LogP contribution is -2.27. The topological polar surface area (TPSA) is 3.24 Å². The Balaban J connectivity index is 3.38. The van der Waals surface area contributed by atoms with Crippen molar-refractivity contribution in [1.29, 1.82) is 0 Å². The molecule has 0 aliphatic carbocycles. The molecule has 90 valence electrons. The van der Waals surface area contributed by atoms with Gasteiger partial charge in [-0.3, -0.25) is 0 Å². The van der Waals surface area contributed by atoms with Gasteiger partial charge in [0.05, 0.1) is 10.7 Å². The number of nitrogens with zero attached hydrogens (tertiary/aromatic N) is 1. The third kappa shape index (κ3) is 2.61. The van der Waals surface area contributed by atoms with E-state index in [1.165, 1.54) is 16.4 Å². The largest absolute Gasteiger partial charge is 0.371 e. The Morgan fingerprint density at radius 2 is 1.81 bits per heavy atom. The second-order valence-corrected chi connectivity index (χ2v) is 5.94. The van der Waals surface area contributed by atoms with E-state index in [-0.39, 0.29) is 0 Å². The lowest BCUT2D eigenvalue weighted by Gasteiger charge is -2.28. The van der Waals surface area contributed by atoms with Crippen molar-refractivity contribution in [3.8, 4) is 0 Å². The van der Waals surface area contributed by atoms with Crippen molar-refractivity contribution in [2.75, 3.05) is 18.0 Å². The average Bonchev–Trinajstić information content (AvgIpc) is 2.24. The van der Waals surface area contributed by atoms with Crippen LogP contribution in [0.3, 0.4) is 0 Å². The van der Waals surface area contributed by atoms with Crippen molar-refractivity contribution >= 4 is 32.7 Å². The van der Waals surface area contributed by atoms with Gasteiger partial charge in [0.2, 0.25) is 0 Å². The molecule has 1 aromatic rings. The number of benzene rings is 1. The maximum Gasteiger partial charge on any atom is 0.0642 e. The molecule has 0 aliphatic rings. The van der Waals surface area contributed by atoms with Crippen molar-refractivity contribution in [2.45, 2.75) is 33.6 Å². The van der Waals surface area contributed by atoms with Crippen LogP contribution in [-0.4, -0.2) is 23.3 Å². The molecule has 0 atom stereocenters. The predicted molar refractivity (Wildman–Crippen MR) is 78.7 cm³/mol. The molecule has 0 amide bonds. The van der Waals surface area contributed by atoms with E-state index in [9.17, 15) is 0 Å². The van der Waals surface area contributed by atoms with Gasteiger partial charge in [0.25, 0.3) is 0 Å². The Morgan fingerprint density at radius 1 is 1.25 bits per heavy atom. The lowest BCUT2D eigenvalue weighted by molar-refractivity contribution is 0.821. The van der Waals surface area contributed by atoms with Gasteiger partial charge in [-0.05, 0) is 31.4 Å². The fourth-order valence-corrected chi connectivity index (χ4v) is 3.54. The van der Waals surface area contributed by atoms with Gasteiger partial charge in [-0.2, -0.15) is 0 Å². The molecule has 0 heterocycles. The summed E-state index contributed by atoms with van der Waals surface area (Å²) in [6.45, 7) is 10.9. The monoisotopic (exact) mass is 255 g/mol. The van der Waals surface area contributed by atoms with Crippen LogP contribution in [0.15, 0.2) is 12.1 Å². The zero-order valence-electron chi connectivity index (χ0n) is 11.0. The molecule has 1 nitrogen and oxygen atoms in total. The van der Waals surface area contributed by atoms with Gasteiger partial charge >= 0.3 is 0 Å². The number of halogens is 1. The molecule has 0 aromatic heterocycles. The zero-order valence-corrected chi connectivity index (χ0v) is 13.7. The molecule has 0 fully saturated rings. The summed E-state index contributed by atoms with van der Waals surface area (Å²) in [7, 11) is 1.09. The Hall–Kier alpha value is -0.473. The van der Waals surface area contributed by atoms with Crippen molar-refractivity contribution in [3.63, 3.8) is 0 Å². The fraction of sp³-hybridized carbons (Fsp3) is 0.538. The molecule has 0 bridgehead atoms. The molecule has 0 spiro atoms. The van der Waals surface area contributed by atoms with Crippen molar-refractivity contribution in [1.82, 2.24) is 0 Å². The summed E-state index contributed by atoms with van der Waals surface area (Å²) in [4.78, 5) is 2.36. The smallest absolute Gasteiger partial charge is 0.0642 e. The number of hydrogen-bond acceptors (Lipinski definition) is 1. The van der Waals surface area contributed by atoms with Crippen LogP contribution in [0.5, 0.6) is 0 Å². The van der Waals surface area contributed by atoms with E-state index in [0.717, 1.165) is 28.4 Å². The third-order valence-electron chi connectivity index (χ3n) is 3.04. The minimum atomic E-state index is 0.543. The Labute approximate surface area is 107 Å². The van der Waals surface area contributed by atoms with E-state index in [0.29, 0.717) is 5.92 Å². The Bertz CT molecular complexity index is 359. The molecule has 1 rings (SSSR count). The van der Waals surface area contributed by atoms with Crippen molar-refractivity contribution in [2.24, 2.45) is 0 Å². The van der Waals surface area contributed by atoms with Gasteiger partial charge in [0, 0.05) is 23.3 Å². The van der Waals surface area contributed by atoms with Crippen LogP contribution in [0.4, 0.5) is 5.69 Å². The first-order valence-electron chi connectivity index (χ1n) is 6.06.